The molecule has 5 aromatic rings. The Morgan fingerprint density at radius 3 is 2.91 bits per heavy atom. The van der Waals surface area contributed by atoms with E-state index in [2.05, 4.69) is 25.5 Å². The molecule has 0 amide bonds. The number of aromatic nitrogens is 5. The number of aromatic amines is 1. The van der Waals surface area contributed by atoms with E-state index in [0.717, 1.165) is 5.69 Å². The maximum atomic E-state index is 13.7. The summed E-state index contributed by atoms with van der Waals surface area (Å²) in [7, 11) is 1.93. The molecule has 0 bridgehead atoms. The minimum atomic E-state index is -0.353. The van der Waals surface area contributed by atoms with Gasteiger partial charge in [0.2, 0.25) is 5.95 Å². The average Bonchev–Trinajstić information content (AvgIpc) is 3.25. The zero-order valence-electron chi connectivity index (χ0n) is 18.7. The first kappa shape index (κ1) is 20.9. The van der Waals surface area contributed by atoms with Gasteiger partial charge in [-0.15, -0.1) is 0 Å². The van der Waals surface area contributed by atoms with E-state index in [4.69, 9.17) is 10.5 Å². The van der Waals surface area contributed by atoms with Crippen molar-refractivity contribution in [2.45, 2.75) is 6.10 Å². The number of benzene rings is 2. The number of anilines is 3. The zero-order chi connectivity index (χ0) is 24.1. The van der Waals surface area contributed by atoms with Gasteiger partial charge in [-0.3, -0.25) is 14.5 Å². The lowest BCUT2D eigenvalue weighted by atomic mass is 10.2. The van der Waals surface area contributed by atoms with Gasteiger partial charge in [0.25, 0.3) is 5.56 Å². The van der Waals surface area contributed by atoms with Crippen molar-refractivity contribution in [1.82, 2.24) is 24.7 Å². The molecule has 4 heterocycles. The van der Waals surface area contributed by atoms with Crippen LogP contribution in [0.3, 0.4) is 0 Å². The van der Waals surface area contributed by atoms with Crippen LogP contribution in [0.1, 0.15) is 0 Å². The summed E-state index contributed by atoms with van der Waals surface area (Å²) in [6, 6.07) is 13.7. The fourth-order valence-corrected chi connectivity index (χ4v) is 4.43. The van der Waals surface area contributed by atoms with Crippen molar-refractivity contribution in [3.63, 3.8) is 0 Å². The number of hydrogen-bond donors (Lipinski definition) is 3. The molecule has 0 aliphatic carbocycles. The number of fused-ring (bicyclic) bond motifs is 4. The highest BCUT2D eigenvalue weighted by Gasteiger charge is 2.24. The Hall–Kier alpha value is -4.67. The topological polar surface area (TPSA) is 127 Å². The number of nitrogen functional groups attached to an aromatic ring is 1. The number of para-hydroxylation sites is 1. The minimum Gasteiger partial charge on any atom is -0.484 e. The molecule has 3 aromatic heterocycles. The molecule has 0 saturated carbocycles. The summed E-state index contributed by atoms with van der Waals surface area (Å²) in [6.45, 7) is 0.975. The number of pyridine rings is 1. The molecule has 1 aliphatic heterocycles. The third-order valence-electron chi connectivity index (χ3n) is 6.07. The standard InChI is InChI=1S/C24H21FN8O2/c1-32-12-15(35-18-9-13(25)7-8-17(18)32)10-27-24-28-11-16-20-19(21(26)31-30-20)23(34)33(22(16)29-24)14-5-3-2-4-6-14/h2-9,11,15H,10,12H2,1H3,(H3,26,30,31)(H,27,28,29)/t15-/m0/s1. The number of likely N-dealkylation sites (N-methyl/N-ethyl adjacent to an activating group) is 1. The molecule has 1 atom stereocenters. The molecule has 0 radical (unpaired) electrons. The van der Waals surface area contributed by atoms with Crippen LogP contribution in [-0.2, 0) is 0 Å². The van der Waals surface area contributed by atoms with Gasteiger partial charge in [0, 0.05) is 19.3 Å². The third kappa shape index (κ3) is 3.48. The number of H-pyrrole nitrogens is 1. The van der Waals surface area contributed by atoms with Gasteiger partial charge in [-0.2, -0.15) is 10.1 Å². The Kier molecular flexibility index (Phi) is 4.76. The molecule has 11 heteroatoms. The highest BCUT2D eigenvalue weighted by molar-refractivity contribution is 6.05. The first-order chi connectivity index (χ1) is 17.0. The summed E-state index contributed by atoms with van der Waals surface area (Å²) < 4.78 is 21.2. The van der Waals surface area contributed by atoms with Crippen molar-refractivity contribution in [1.29, 1.82) is 0 Å². The van der Waals surface area contributed by atoms with Crippen molar-refractivity contribution in [3.8, 4) is 11.4 Å². The van der Waals surface area contributed by atoms with Crippen LogP contribution < -0.4 is 26.2 Å². The maximum Gasteiger partial charge on any atom is 0.270 e. The van der Waals surface area contributed by atoms with E-state index in [0.29, 0.717) is 47.0 Å². The van der Waals surface area contributed by atoms with Crippen LogP contribution in [0.25, 0.3) is 27.6 Å². The Bertz CT molecular complexity index is 1630. The SMILES string of the molecule is CN1C[C@H](CNc2ncc3c4[nH]nc(N)c4c(=O)n(-c4ccccc4)c3n2)Oc2cc(F)ccc21. The van der Waals surface area contributed by atoms with Gasteiger partial charge in [-0.25, -0.2) is 9.37 Å². The quantitative estimate of drug-likeness (QED) is 0.364. The smallest absolute Gasteiger partial charge is 0.270 e. The second kappa shape index (κ2) is 7.97. The van der Waals surface area contributed by atoms with Gasteiger partial charge in [-0.05, 0) is 24.3 Å². The molecule has 4 N–H and O–H groups in total. The van der Waals surface area contributed by atoms with Crippen molar-refractivity contribution >= 4 is 39.4 Å². The fourth-order valence-electron chi connectivity index (χ4n) is 4.43. The fraction of sp³-hybridized carbons (Fsp3) is 0.167. The largest absolute Gasteiger partial charge is 0.484 e. The highest BCUT2D eigenvalue weighted by atomic mass is 19.1. The predicted molar refractivity (Wildman–Crippen MR) is 132 cm³/mol. The molecule has 1 aliphatic rings. The second-order valence-corrected chi connectivity index (χ2v) is 8.38. The summed E-state index contributed by atoms with van der Waals surface area (Å²) in [5.74, 6) is 0.578. The van der Waals surface area contributed by atoms with Gasteiger partial charge in [0.15, 0.2) is 11.5 Å². The van der Waals surface area contributed by atoms with Gasteiger partial charge in [-0.1, -0.05) is 18.2 Å². The van der Waals surface area contributed by atoms with Crippen LogP contribution in [0.4, 0.5) is 21.8 Å². The van der Waals surface area contributed by atoms with Crippen LogP contribution >= 0.6 is 0 Å². The first-order valence-corrected chi connectivity index (χ1v) is 11.0. The molecular formula is C24H21FN8O2. The molecule has 0 saturated heterocycles. The van der Waals surface area contributed by atoms with Crippen LogP contribution in [0, 0.1) is 5.82 Å². The summed E-state index contributed by atoms with van der Waals surface area (Å²) in [5.41, 5.74) is 8.02. The number of nitrogens with one attached hydrogen (secondary N) is 2. The number of halogens is 1. The average molecular weight is 472 g/mol. The van der Waals surface area contributed by atoms with Crippen LogP contribution in [0.2, 0.25) is 0 Å². The van der Waals surface area contributed by atoms with Crippen LogP contribution in [0.5, 0.6) is 5.75 Å². The summed E-state index contributed by atoms with van der Waals surface area (Å²) in [6.07, 6.45) is 1.36. The molecule has 2 aromatic carbocycles. The number of ether oxygens (including phenoxy) is 1. The minimum absolute atomic E-state index is 0.120. The van der Waals surface area contributed by atoms with Crippen molar-refractivity contribution in [2.75, 3.05) is 36.1 Å². The van der Waals surface area contributed by atoms with E-state index < -0.39 is 0 Å². The molecule has 176 valence electrons. The second-order valence-electron chi connectivity index (χ2n) is 8.38. The van der Waals surface area contributed by atoms with Crippen LogP contribution in [-0.4, -0.2) is 51.0 Å². The normalized spacial score (nSPS) is 15.3. The van der Waals surface area contributed by atoms with Crippen molar-refractivity contribution in [2.24, 2.45) is 0 Å². The van der Waals surface area contributed by atoms with E-state index >= 15 is 0 Å². The van der Waals surface area contributed by atoms with Gasteiger partial charge in [0.1, 0.15) is 23.1 Å². The van der Waals surface area contributed by atoms with Crippen molar-refractivity contribution < 1.29 is 9.13 Å². The van der Waals surface area contributed by atoms with Gasteiger partial charge < -0.3 is 20.7 Å². The lowest BCUT2D eigenvalue weighted by Crippen LogP contribution is -2.41. The van der Waals surface area contributed by atoms with Crippen LogP contribution in [0.15, 0.2) is 59.5 Å². The Balaban J connectivity index is 1.37. The van der Waals surface area contributed by atoms with E-state index in [1.165, 1.54) is 16.7 Å². The van der Waals surface area contributed by atoms with Gasteiger partial charge in [0.05, 0.1) is 35.4 Å². The summed E-state index contributed by atoms with van der Waals surface area (Å²) in [4.78, 5) is 24.5. The molecule has 0 spiro atoms. The number of nitrogens with zero attached hydrogens (tertiary/aromatic N) is 5. The summed E-state index contributed by atoms with van der Waals surface area (Å²) >= 11 is 0. The Labute approximate surface area is 198 Å². The van der Waals surface area contributed by atoms with Gasteiger partial charge >= 0.3 is 0 Å². The number of nitrogens with two attached hydrogens (primary N) is 1. The molecule has 0 unspecified atom stereocenters. The third-order valence-corrected chi connectivity index (χ3v) is 6.07. The van der Waals surface area contributed by atoms with E-state index in [1.807, 2.05) is 42.3 Å². The lowest BCUT2D eigenvalue weighted by Gasteiger charge is -2.33. The number of rotatable bonds is 4. The molecule has 10 nitrogen and oxygen atoms in total. The molecule has 35 heavy (non-hydrogen) atoms. The van der Waals surface area contributed by atoms with E-state index in [-0.39, 0.29) is 28.7 Å². The van der Waals surface area contributed by atoms with E-state index in [9.17, 15) is 9.18 Å². The molecular weight excluding hydrogens is 451 g/mol. The Morgan fingerprint density at radius 2 is 2.09 bits per heavy atom. The maximum absolute atomic E-state index is 13.7. The first-order valence-electron chi connectivity index (χ1n) is 11.0. The monoisotopic (exact) mass is 472 g/mol. The summed E-state index contributed by atoms with van der Waals surface area (Å²) in [5, 5.41) is 10.9. The lowest BCUT2D eigenvalue weighted by molar-refractivity contribution is 0.207. The molecule has 6 rings (SSSR count). The highest BCUT2D eigenvalue weighted by Crippen LogP contribution is 2.33. The number of hydrogen-bond acceptors (Lipinski definition) is 8. The Morgan fingerprint density at radius 1 is 1.26 bits per heavy atom. The predicted octanol–water partition coefficient (Wildman–Crippen LogP) is 2.69. The van der Waals surface area contributed by atoms with Crippen molar-refractivity contribution in [3.05, 3.63) is 70.9 Å². The molecule has 0 fully saturated rings. The van der Waals surface area contributed by atoms with E-state index in [1.54, 1.807) is 12.3 Å². The zero-order valence-corrected chi connectivity index (χ0v) is 18.7.